The molecule has 0 aromatic carbocycles. The first-order chi connectivity index (χ1) is 10.0. The summed E-state index contributed by atoms with van der Waals surface area (Å²) in [5.74, 6) is -3.15. The Balaban J connectivity index is 4.05. The lowest BCUT2D eigenvalue weighted by Gasteiger charge is -2.24. The number of esters is 2. The number of carbonyl (C=O) groups excluding carboxylic acids is 2. The van der Waals surface area contributed by atoms with Crippen molar-refractivity contribution in [1.29, 1.82) is 0 Å². The molecule has 0 amide bonds. The van der Waals surface area contributed by atoms with Crippen molar-refractivity contribution in [2.24, 2.45) is 11.8 Å². The van der Waals surface area contributed by atoms with E-state index < -0.39 is 35.3 Å². The standard InChI is InChI=1S/C15H26O7/c1-10(11(2)14(19)22-15(3,4)5)13(18)21-9-8-20-7-6-12(16)17/h10-11H,6-9H2,1-5H3,(H,16,17). The number of carbonyl (C=O) groups is 3. The van der Waals surface area contributed by atoms with Gasteiger partial charge in [0, 0.05) is 0 Å². The molecule has 0 heterocycles. The van der Waals surface area contributed by atoms with Gasteiger partial charge in [-0.15, -0.1) is 0 Å². The zero-order chi connectivity index (χ0) is 17.3. The van der Waals surface area contributed by atoms with Gasteiger partial charge >= 0.3 is 17.9 Å². The van der Waals surface area contributed by atoms with E-state index >= 15 is 0 Å². The van der Waals surface area contributed by atoms with E-state index in [1.54, 1.807) is 34.6 Å². The van der Waals surface area contributed by atoms with Gasteiger partial charge in [0.2, 0.25) is 0 Å². The summed E-state index contributed by atoms with van der Waals surface area (Å²) >= 11 is 0. The Kier molecular flexibility index (Phi) is 8.70. The molecule has 0 aliphatic heterocycles. The summed E-state index contributed by atoms with van der Waals surface area (Å²) < 4.78 is 15.2. The van der Waals surface area contributed by atoms with Gasteiger partial charge in [0.05, 0.1) is 31.5 Å². The average molecular weight is 318 g/mol. The quantitative estimate of drug-likeness (QED) is 0.509. The lowest BCUT2D eigenvalue weighted by molar-refractivity contribution is -0.167. The van der Waals surface area contributed by atoms with Crippen molar-refractivity contribution in [1.82, 2.24) is 0 Å². The Labute approximate surface area is 130 Å². The highest BCUT2D eigenvalue weighted by Crippen LogP contribution is 2.18. The van der Waals surface area contributed by atoms with E-state index in [1.807, 2.05) is 0 Å². The highest BCUT2D eigenvalue weighted by atomic mass is 16.6. The van der Waals surface area contributed by atoms with Crippen LogP contribution in [0.25, 0.3) is 0 Å². The van der Waals surface area contributed by atoms with E-state index in [0.29, 0.717) is 0 Å². The van der Waals surface area contributed by atoms with Gasteiger partial charge < -0.3 is 19.3 Å². The topological polar surface area (TPSA) is 99.1 Å². The van der Waals surface area contributed by atoms with Gasteiger partial charge in [0.15, 0.2) is 0 Å². The fourth-order valence-electron chi connectivity index (χ4n) is 1.40. The van der Waals surface area contributed by atoms with E-state index in [2.05, 4.69) is 0 Å². The first-order valence-electron chi connectivity index (χ1n) is 7.23. The van der Waals surface area contributed by atoms with Gasteiger partial charge in [-0.2, -0.15) is 0 Å². The molecule has 7 nitrogen and oxygen atoms in total. The Bertz CT molecular complexity index is 384. The minimum absolute atomic E-state index is 0.0177. The summed E-state index contributed by atoms with van der Waals surface area (Å²) in [4.78, 5) is 33.9. The van der Waals surface area contributed by atoms with Gasteiger partial charge in [0.1, 0.15) is 12.2 Å². The molecule has 7 heteroatoms. The van der Waals surface area contributed by atoms with Crippen molar-refractivity contribution < 1.29 is 33.7 Å². The fourth-order valence-corrected chi connectivity index (χ4v) is 1.40. The maximum atomic E-state index is 11.9. The highest BCUT2D eigenvalue weighted by Gasteiger charge is 2.30. The van der Waals surface area contributed by atoms with Crippen molar-refractivity contribution in [2.75, 3.05) is 19.8 Å². The predicted octanol–water partition coefficient (Wildman–Crippen LogP) is 1.63. The fraction of sp³-hybridized carbons (Fsp3) is 0.800. The van der Waals surface area contributed by atoms with E-state index in [-0.39, 0.29) is 26.2 Å². The number of hydrogen-bond donors (Lipinski definition) is 1. The average Bonchev–Trinajstić information content (AvgIpc) is 2.38. The third-order valence-electron chi connectivity index (χ3n) is 2.83. The van der Waals surface area contributed by atoms with Gasteiger partial charge in [0.25, 0.3) is 0 Å². The number of rotatable bonds is 9. The zero-order valence-corrected chi connectivity index (χ0v) is 13.9. The van der Waals surface area contributed by atoms with Gasteiger partial charge in [-0.05, 0) is 20.8 Å². The Morgan fingerprint density at radius 2 is 1.50 bits per heavy atom. The van der Waals surface area contributed by atoms with Crippen LogP contribution >= 0.6 is 0 Å². The molecule has 0 fully saturated rings. The number of ether oxygens (including phenoxy) is 3. The molecule has 0 radical (unpaired) electrons. The molecule has 0 saturated heterocycles. The van der Waals surface area contributed by atoms with Gasteiger partial charge in [-0.3, -0.25) is 14.4 Å². The molecule has 0 bridgehead atoms. The van der Waals surface area contributed by atoms with Crippen molar-refractivity contribution in [3.8, 4) is 0 Å². The second-order valence-corrected chi connectivity index (χ2v) is 6.03. The number of carboxylic acid groups (broad SMARTS) is 1. The highest BCUT2D eigenvalue weighted by molar-refractivity contribution is 5.81. The van der Waals surface area contributed by atoms with Crippen LogP contribution in [0.1, 0.15) is 41.0 Å². The summed E-state index contributed by atoms with van der Waals surface area (Å²) in [6, 6.07) is 0. The van der Waals surface area contributed by atoms with Crippen LogP contribution in [-0.4, -0.2) is 48.4 Å². The lowest BCUT2D eigenvalue weighted by Crippen LogP contribution is -2.33. The number of carboxylic acids is 1. The van der Waals surface area contributed by atoms with Crippen LogP contribution in [0.3, 0.4) is 0 Å². The number of hydrogen-bond acceptors (Lipinski definition) is 6. The monoisotopic (exact) mass is 318 g/mol. The van der Waals surface area contributed by atoms with Crippen molar-refractivity contribution in [3.63, 3.8) is 0 Å². The van der Waals surface area contributed by atoms with E-state index in [1.165, 1.54) is 0 Å². The molecule has 128 valence electrons. The molecule has 0 aliphatic carbocycles. The molecule has 0 aromatic rings. The smallest absolute Gasteiger partial charge is 0.310 e. The van der Waals surface area contributed by atoms with Crippen LogP contribution in [0.4, 0.5) is 0 Å². The summed E-state index contributed by atoms with van der Waals surface area (Å²) in [6.45, 7) is 8.69. The van der Waals surface area contributed by atoms with Crippen LogP contribution in [0.5, 0.6) is 0 Å². The molecule has 0 aromatic heterocycles. The molecule has 1 N–H and O–H groups in total. The van der Waals surface area contributed by atoms with Crippen molar-refractivity contribution in [2.45, 2.75) is 46.6 Å². The molecule has 22 heavy (non-hydrogen) atoms. The van der Waals surface area contributed by atoms with E-state index in [0.717, 1.165) is 0 Å². The molecule has 0 spiro atoms. The Morgan fingerprint density at radius 1 is 0.955 bits per heavy atom. The van der Waals surface area contributed by atoms with Gasteiger partial charge in [-0.1, -0.05) is 13.8 Å². The second kappa shape index (κ2) is 9.40. The second-order valence-electron chi connectivity index (χ2n) is 6.03. The third kappa shape index (κ3) is 9.33. The molecular weight excluding hydrogens is 292 g/mol. The van der Waals surface area contributed by atoms with Crippen LogP contribution in [-0.2, 0) is 28.6 Å². The summed E-state index contributed by atoms with van der Waals surface area (Å²) in [6.07, 6.45) is -0.0972. The normalized spacial score (nSPS) is 14.0. The Hall–Kier alpha value is -1.63. The van der Waals surface area contributed by atoms with Crippen molar-refractivity contribution >= 4 is 17.9 Å². The molecule has 0 aliphatic rings. The first-order valence-corrected chi connectivity index (χ1v) is 7.23. The van der Waals surface area contributed by atoms with Crippen LogP contribution in [0.2, 0.25) is 0 Å². The zero-order valence-electron chi connectivity index (χ0n) is 13.9. The maximum absolute atomic E-state index is 11.9. The molecular formula is C15H26O7. The van der Waals surface area contributed by atoms with E-state index in [4.69, 9.17) is 19.3 Å². The number of aliphatic carboxylic acids is 1. The molecule has 2 atom stereocenters. The minimum atomic E-state index is -0.947. The summed E-state index contributed by atoms with van der Waals surface area (Å²) in [5, 5.41) is 8.42. The summed E-state index contributed by atoms with van der Waals surface area (Å²) in [5.41, 5.74) is -0.604. The van der Waals surface area contributed by atoms with E-state index in [9.17, 15) is 14.4 Å². The first kappa shape index (κ1) is 20.4. The molecule has 0 saturated carbocycles. The molecule has 0 rings (SSSR count). The van der Waals surface area contributed by atoms with Gasteiger partial charge in [-0.25, -0.2) is 0 Å². The van der Waals surface area contributed by atoms with Crippen molar-refractivity contribution in [3.05, 3.63) is 0 Å². The van der Waals surface area contributed by atoms with Crippen LogP contribution in [0, 0.1) is 11.8 Å². The maximum Gasteiger partial charge on any atom is 0.310 e. The lowest BCUT2D eigenvalue weighted by atomic mass is 9.96. The SMILES string of the molecule is CC(C(=O)OCCOCCC(=O)O)C(C)C(=O)OC(C)(C)C. The molecule has 2 unspecified atom stereocenters. The largest absolute Gasteiger partial charge is 0.481 e. The minimum Gasteiger partial charge on any atom is -0.481 e. The predicted molar refractivity (Wildman–Crippen MR) is 78.2 cm³/mol. The van der Waals surface area contributed by atoms with Crippen LogP contribution < -0.4 is 0 Å². The third-order valence-corrected chi connectivity index (χ3v) is 2.83. The Morgan fingerprint density at radius 3 is 2.00 bits per heavy atom. The summed E-state index contributed by atoms with van der Waals surface area (Å²) in [7, 11) is 0. The van der Waals surface area contributed by atoms with Crippen LogP contribution in [0.15, 0.2) is 0 Å².